The van der Waals surface area contributed by atoms with Crippen molar-refractivity contribution in [3.8, 4) is 11.5 Å². The molecule has 0 aliphatic carbocycles. The minimum Gasteiger partial charge on any atom is -0.505 e. The first-order chi connectivity index (χ1) is 36.7. The number of phenols is 2. The van der Waals surface area contributed by atoms with Gasteiger partial charge in [-0.25, -0.2) is 0 Å². The van der Waals surface area contributed by atoms with Crippen LogP contribution in [0.25, 0.3) is 21.5 Å². The molecule has 0 aromatic heterocycles. The number of benzene rings is 7. The Morgan fingerprint density at radius 1 is 0.388 bits per heavy atom. The highest BCUT2D eigenvalue weighted by Crippen LogP contribution is 2.50. The Labute approximate surface area is 446 Å². The molecule has 0 amide bonds. The number of rotatable bonds is 16. The molecular weight excluding hydrogens is 1220 g/mol. The van der Waals surface area contributed by atoms with Crippen LogP contribution in [-0.4, -0.2) is 106 Å². The molecule has 7 aromatic carbocycles. The summed E-state index contributed by atoms with van der Waals surface area (Å²) in [5.74, 6) is -2.93. The molecular formula is C38H26N10O25S7. The minimum atomic E-state index is -5.76. The number of fused-ring (bicyclic) bond motifs is 2. The van der Waals surface area contributed by atoms with E-state index in [1.807, 2.05) is 0 Å². The van der Waals surface area contributed by atoms with Crippen molar-refractivity contribution in [3.05, 3.63) is 101 Å². The number of nitrogens with two attached hydrogens (primary N) is 1. The molecule has 80 heavy (non-hydrogen) atoms. The Balaban J connectivity index is 1.37. The zero-order valence-corrected chi connectivity index (χ0v) is 43.9. The normalized spacial score (nSPS) is 13.4. The van der Waals surface area contributed by atoms with Crippen molar-refractivity contribution in [3.63, 3.8) is 0 Å². The van der Waals surface area contributed by atoms with E-state index in [0.717, 1.165) is 42.5 Å². The molecule has 7 aromatic rings. The number of aromatic hydroxyl groups is 2. The molecule has 11 N–H and O–H groups in total. The van der Waals surface area contributed by atoms with Gasteiger partial charge < -0.3 is 15.9 Å². The third-order valence-corrected chi connectivity index (χ3v) is 16.6. The zero-order chi connectivity index (χ0) is 59.6. The van der Waals surface area contributed by atoms with Crippen molar-refractivity contribution in [2.24, 2.45) is 40.9 Å². The Morgan fingerprint density at radius 3 is 1.36 bits per heavy atom. The lowest BCUT2D eigenvalue weighted by Gasteiger charge is -2.14. The van der Waals surface area contributed by atoms with Gasteiger partial charge in [0.2, 0.25) is 0 Å². The molecule has 0 bridgehead atoms. The first-order valence-electron chi connectivity index (χ1n) is 20.1. The number of phenolic OH excluding ortho intramolecular Hbond substituents is 2. The van der Waals surface area contributed by atoms with E-state index in [1.54, 1.807) is 0 Å². The quantitative estimate of drug-likeness (QED) is 0.0149. The van der Waals surface area contributed by atoms with Crippen molar-refractivity contribution in [2.75, 3.05) is 5.73 Å². The van der Waals surface area contributed by atoms with Gasteiger partial charge in [-0.3, -0.25) is 42.0 Å². The number of nitrogens with zero attached hydrogens (tertiary/aromatic N) is 9. The fourth-order valence-electron chi connectivity index (χ4n) is 6.99. The van der Waals surface area contributed by atoms with Gasteiger partial charge in [-0.2, -0.15) is 69.2 Å². The molecule has 35 nitrogen and oxygen atoms in total. The van der Waals surface area contributed by atoms with Crippen LogP contribution in [0.3, 0.4) is 0 Å². The lowest BCUT2D eigenvalue weighted by molar-refractivity contribution is -0.384. The molecule has 0 fully saturated rings. The van der Waals surface area contributed by atoms with E-state index in [1.165, 1.54) is 0 Å². The van der Waals surface area contributed by atoms with Crippen LogP contribution in [0.2, 0.25) is 0 Å². The number of nitro groups is 1. The highest BCUT2D eigenvalue weighted by molar-refractivity contribution is 7.87. The van der Waals surface area contributed by atoms with Crippen molar-refractivity contribution >= 4 is 149 Å². The lowest BCUT2D eigenvalue weighted by atomic mass is 10.0. The minimum absolute atomic E-state index is 0.0237. The largest absolute Gasteiger partial charge is 0.505 e. The van der Waals surface area contributed by atoms with Gasteiger partial charge in [0.1, 0.15) is 57.8 Å². The maximum Gasteiger partial charge on any atom is 0.298 e. The van der Waals surface area contributed by atoms with Gasteiger partial charge in [0, 0.05) is 22.2 Å². The number of azo groups is 4. The van der Waals surface area contributed by atoms with Crippen molar-refractivity contribution < 1.29 is 106 Å². The summed E-state index contributed by atoms with van der Waals surface area (Å²) in [6, 6.07) is 10.3. The van der Waals surface area contributed by atoms with E-state index in [2.05, 4.69) is 40.9 Å². The second-order valence-electron chi connectivity index (χ2n) is 15.6. The number of hydrogen-bond acceptors (Lipinski definition) is 27. The van der Waals surface area contributed by atoms with Crippen molar-refractivity contribution in [1.29, 1.82) is 0 Å². The predicted molar refractivity (Wildman–Crippen MR) is 267 cm³/mol. The SMILES string of the molecule is Nc1c(N=Nc2ccc3c(O)c(N=Nc4ccc(N=Nc5ccc(S(=O)(=O)O)cc5)cc4S(=O)(=O)O)c(S(=O)(=O)O)cc3c2S(=O)(=O)O)cc(S(=O)(=O)O)c2cc(S(=O)(=O)O)c(N=Nc3ccc(S(=O)(=O)O)cc3[N+](=O)[O-])c(O)c12. The van der Waals surface area contributed by atoms with Crippen LogP contribution < -0.4 is 5.73 Å². The van der Waals surface area contributed by atoms with Gasteiger partial charge in [-0.05, 0) is 84.9 Å². The van der Waals surface area contributed by atoms with E-state index < -0.39 is 189 Å². The van der Waals surface area contributed by atoms with Gasteiger partial charge >= 0.3 is 0 Å². The van der Waals surface area contributed by atoms with Crippen molar-refractivity contribution in [1.82, 2.24) is 0 Å². The van der Waals surface area contributed by atoms with E-state index >= 15 is 0 Å². The van der Waals surface area contributed by atoms with Gasteiger partial charge in [0.05, 0.1) is 32.3 Å². The van der Waals surface area contributed by atoms with E-state index in [0.29, 0.717) is 36.4 Å². The predicted octanol–water partition coefficient (Wildman–Crippen LogP) is 7.28. The Morgan fingerprint density at radius 2 is 0.838 bits per heavy atom. The van der Waals surface area contributed by atoms with E-state index in [9.17, 15) is 107 Å². The molecule has 7 rings (SSSR count). The maximum absolute atomic E-state index is 13.0. The number of nitrogen functional groups attached to an aromatic ring is 1. The Bertz CT molecular complexity index is 4850. The summed E-state index contributed by atoms with van der Waals surface area (Å²) in [6.45, 7) is 0. The highest BCUT2D eigenvalue weighted by Gasteiger charge is 2.31. The average molecular weight is 1250 g/mol. The summed E-state index contributed by atoms with van der Waals surface area (Å²) in [6.07, 6.45) is 0. The second-order valence-corrected chi connectivity index (χ2v) is 25.3. The van der Waals surface area contributed by atoms with E-state index in [4.69, 9.17) is 10.3 Å². The molecule has 42 heteroatoms. The molecule has 0 spiro atoms. The third kappa shape index (κ3) is 12.4. The molecule has 0 unspecified atom stereocenters. The molecule has 420 valence electrons. The number of hydrogen-bond donors (Lipinski definition) is 10. The summed E-state index contributed by atoms with van der Waals surface area (Å²) in [5, 5.41) is 59.3. The smallest absolute Gasteiger partial charge is 0.298 e. The first-order valence-corrected chi connectivity index (χ1v) is 30.2. The van der Waals surface area contributed by atoms with Crippen LogP contribution in [0.1, 0.15) is 0 Å². The number of anilines is 1. The highest BCUT2D eigenvalue weighted by atomic mass is 32.2. The second kappa shape index (κ2) is 20.7. The van der Waals surface area contributed by atoms with E-state index in [-0.39, 0.29) is 23.5 Å². The lowest BCUT2D eigenvalue weighted by Crippen LogP contribution is -2.04. The maximum atomic E-state index is 13.0. The van der Waals surface area contributed by atoms with Crippen LogP contribution in [-0.2, 0) is 70.8 Å². The fraction of sp³-hybridized carbons (Fsp3) is 0. The molecule has 0 saturated carbocycles. The average Bonchev–Trinajstić information content (AvgIpc) is 3.33. The van der Waals surface area contributed by atoms with Gasteiger partial charge in [0.25, 0.3) is 76.5 Å². The molecule has 0 radical (unpaired) electrons. The van der Waals surface area contributed by atoms with Crippen LogP contribution in [0.4, 0.5) is 56.9 Å². The summed E-state index contributed by atoms with van der Waals surface area (Å²) < 4.78 is 243. The zero-order valence-electron chi connectivity index (χ0n) is 38.2. The van der Waals surface area contributed by atoms with Crippen LogP contribution in [0.15, 0.2) is 166 Å². The fourth-order valence-corrected chi connectivity index (χ4v) is 11.4. The number of nitro benzene ring substituents is 1. The molecule has 0 aliphatic rings. The standard InChI is InChI=1S/C38H26N10O25S7/c39-33-26(15-28(76(59,60)61)22-14-31(79(68,69)70)35(37(50)32(22)33)47-42-23-9-6-19(75(56,57)58)12-27(23)48(51)52)45-44-25-10-7-20-21(38(25)80(71,72)73)13-30(78(65,66)67)34(36(20)49)46-43-24-8-3-17(11-29(24)77(62,63)64)41-40-16-1-4-18(5-2-16)74(53,54)55/h1-15,49-50H,39H2,(H,53,54,55)(H,56,57,58)(H,59,60,61)(H,62,63,64)(H,65,66,67)(H,68,69,70)(H,71,72,73). The van der Waals surface area contributed by atoms with Gasteiger partial charge in [0.15, 0.2) is 17.2 Å². The van der Waals surface area contributed by atoms with Crippen LogP contribution in [0, 0.1) is 10.1 Å². The molecule has 0 atom stereocenters. The molecule has 0 saturated heterocycles. The van der Waals surface area contributed by atoms with Crippen LogP contribution >= 0.6 is 0 Å². The van der Waals surface area contributed by atoms with Gasteiger partial charge in [-0.1, -0.05) is 0 Å². The van der Waals surface area contributed by atoms with Crippen molar-refractivity contribution in [2.45, 2.75) is 34.3 Å². The Hall–Kier alpha value is -8.37. The molecule has 0 heterocycles. The Kier molecular flexibility index (Phi) is 15.3. The monoisotopic (exact) mass is 1250 g/mol. The summed E-state index contributed by atoms with van der Waals surface area (Å²) >= 11 is 0. The summed E-state index contributed by atoms with van der Waals surface area (Å²) in [4.78, 5) is 2.00. The third-order valence-electron chi connectivity index (χ3n) is 10.4. The summed E-state index contributed by atoms with van der Waals surface area (Å²) in [7, 11) is -37.7. The molecule has 0 aliphatic heterocycles. The van der Waals surface area contributed by atoms with Crippen LogP contribution in [0.5, 0.6) is 11.5 Å². The van der Waals surface area contributed by atoms with Gasteiger partial charge in [-0.15, -0.1) is 30.7 Å². The first kappa shape index (κ1) is 59.3. The summed E-state index contributed by atoms with van der Waals surface area (Å²) in [5.41, 5.74) is -2.73. The topological polar surface area (TPSA) is 589 Å².